The van der Waals surface area contributed by atoms with Gasteiger partial charge in [-0.3, -0.25) is 4.79 Å². The third-order valence-corrected chi connectivity index (χ3v) is 4.00. The van der Waals surface area contributed by atoms with E-state index >= 15 is 0 Å². The molecule has 0 spiro atoms. The quantitative estimate of drug-likeness (QED) is 0.808. The van der Waals surface area contributed by atoms with Gasteiger partial charge in [-0.25, -0.2) is 4.98 Å². The van der Waals surface area contributed by atoms with Crippen molar-refractivity contribution in [1.29, 1.82) is 0 Å². The zero-order valence-corrected chi connectivity index (χ0v) is 16.0. The first-order valence-corrected chi connectivity index (χ1v) is 8.12. The van der Waals surface area contributed by atoms with Gasteiger partial charge in [0, 0.05) is 31.7 Å². The Bertz CT molecular complexity index is 682. The molecule has 1 unspecified atom stereocenters. The number of nitrogens with zero attached hydrogens (tertiary/aromatic N) is 2. The van der Waals surface area contributed by atoms with Crippen LogP contribution in [0.2, 0.25) is 0 Å². The summed E-state index contributed by atoms with van der Waals surface area (Å²) in [5.74, 6) is 0.663. The Balaban J connectivity index is 0.00000169. The second kappa shape index (κ2) is 11.0. The van der Waals surface area contributed by atoms with Gasteiger partial charge in [0.05, 0.1) is 18.9 Å². The van der Waals surface area contributed by atoms with E-state index in [-0.39, 0.29) is 43.2 Å². The molecule has 26 heavy (non-hydrogen) atoms. The minimum atomic E-state index is -0.324. The van der Waals surface area contributed by atoms with Crippen LogP contribution in [0.1, 0.15) is 18.0 Å². The van der Waals surface area contributed by atoms with E-state index in [9.17, 15) is 4.79 Å². The first kappa shape index (κ1) is 22.2. The Labute approximate surface area is 165 Å². The highest BCUT2D eigenvalue weighted by Gasteiger charge is 2.18. The van der Waals surface area contributed by atoms with Crippen LogP contribution in [-0.2, 0) is 9.53 Å². The average molecular weight is 399 g/mol. The maximum atomic E-state index is 12.4. The van der Waals surface area contributed by atoms with E-state index in [0.717, 1.165) is 24.5 Å². The predicted octanol–water partition coefficient (Wildman–Crippen LogP) is 2.79. The zero-order valence-electron chi connectivity index (χ0n) is 14.3. The Morgan fingerprint density at radius 3 is 2.54 bits per heavy atom. The van der Waals surface area contributed by atoms with E-state index in [1.807, 2.05) is 42.5 Å². The van der Waals surface area contributed by atoms with Gasteiger partial charge in [0.25, 0.3) is 0 Å². The SMILES string of the molecule is Cl.Cl.NC(CC(=O)Nc1cccnc1N1CCOCC1)c1ccccc1. The van der Waals surface area contributed by atoms with E-state index in [2.05, 4.69) is 15.2 Å². The van der Waals surface area contributed by atoms with Crippen LogP contribution in [0.15, 0.2) is 48.7 Å². The molecule has 0 radical (unpaired) electrons. The topological polar surface area (TPSA) is 80.5 Å². The van der Waals surface area contributed by atoms with Gasteiger partial charge in [0.15, 0.2) is 5.82 Å². The summed E-state index contributed by atoms with van der Waals surface area (Å²) >= 11 is 0. The summed E-state index contributed by atoms with van der Waals surface area (Å²) < 4.78 is 5.37. The molecule has 1 aliphatic rings. The number of morpholine rings is 1. The number of nitrogens with two attached hydrogens (primary N) is 1. The number of pyridine rings is 1. The van der Waals surface area contributed by atoms with Gasteiger partial charge in [-0.1, -0.05) is 30.3 Å². The number of hydrogen-bond donors (Lipinski definition) is 2. The van der Waals surface area contributed by atoms with Crippen LogP contribution in [-0.4, -0.2) is 37.2 Å². The molecule has 1 aromatic heterocycles. The fraction of sp³-hybridized carbons (Fsp3) is 0.333. The fourth-order valence-corrected chi connectivity index (χ4v) is 2.74. The first-order chi connectivity index (χ1) is 11.7. The minimum absolute atomic E-state index is 0. The van der Waals surface area contributed by atoms with E-state index in [1.165, 1.54) is 0 Å². The van der Waals surface area contributed by atoms with Crippen LogP contribution < -0.4 is 16.0 Å². The number of carbonyl (C=O) groups excluding carboxylic acids is 1. The predicted molar refractivity (Wildman–Crippen MR) is 108 cm³/mol. The maximum Gasteiger partial charge on any atom is 0.226 e. The standard InChI is InChI=1S/C18H22N4O2.2ClH/c19-15(14-5-2-1-3-6-14)13-17(23)21-16-7-4-8-20-18(16)22-9-11-24-12-10-22;;/h1-8,15H,9-13,19H2,(H,21,23);2*1H. The van der Waals surface area contributed by atoms with Gasteiger partial charge >= 0.3 is 0 Å². The van der Waals surface area contributed by atoms with Crippen LogP contribution in [0.4, 0.5) is 11.5 Å². The molecule has 3 N–H and O–H groups in total. The smallest absolute Gasteiger partial charge is 0.226 e. The monoisotopic (exact) mass is 398 g/mol. The van der Waals surface area contributed by atoms with Crippen molar-refractivity contribution in [1.82, 2.24) is 4.98 Å². The second-order valence-electron chi connectivity index (χ2n) is 5.74. The molecule has 0 aliphatic carbocycles. The lowest BCUT2D eigenvalue weighted by Gasteiger charge is -2.29. The van der Waals surface area contributed by atoms with Gasteiger partial charge in [-0.2, -0.15) is 0 Å². The lowest BCUT2D eigenvalue weighted by molar-refractivity contribution is -0.116. The second-order valence-corrected chi connectivity index (χ2v) is 5.74. The van der Waals surface area contributed by atoms with Gasteiger partial charge in [-0.15, -0.1) is 24.8 Å². The summed E-state index contributed by atoms with van der Waals surface area (Å²) in [5, 5.41) is 2.94. The fourth-order valence-electron chi connectivity index (χ4n) is 2.74. The van der Waals surface area contributed by atoms with Crippen molar-refractivity contribution in [2.45, 2.75) is 12.5 Å². The molecule has 2 aromatic rings. The number of nitrogens with one attached hydrogen (secondary N) is 1. The maximum absolute atomic E-state index is 12.4. The van der Waals surface area contributed by atoms with Gasteiger partial charge in [0.2, 0.25) is 5.91 Å². The molecular weight excluding hydrogens is 375 g/mol. The molecule has 2 heterocycles. The van der Waals surface area contributed by atoms with Gasteiger partial charge in [-0.05, 0) is 17.7 Å². The number of halogens is 2. The summed E-state index contributed by atoms with van der Waals surface area (Å²) in [6.45, 7) is 2.87. The molecule has 142 valence electrons. The molecule has 1 fully saturated rings. The molecule has 1 aromatic carbocycles. The Kier molecular flexibility index (Phi) is 9.37. The van der Waals surface area contributed by atoms with Crippen LogP contribution in [0, 0.1) is 0 Å². The highest BCUT2D eigenvalue weighted by Crippen LogP contribution is 2.24. The van der Waals surface area contributed by atoms with E-state index in [4.69, 9.17) is 10.5 Å². The highest BCUT2D eigenvalue weighted by atomic mass is 35.5. The molecule has 0 saturated carbocycles. The van der Waals surface area contributed by atoms with Gasteiger partial charge in [0.1, 0.15) is 0 Å². The molecule has 1 aliphatic heterocycles. The molecule has 1 amide bonds. The zero-order chi connectivity index (χ0) is 16.8. The number of benzene rings is 1. The summed E-state index contributed by atoms with van der Waals surface area (Å²) in [6, 6.07) is 13.0. The summed E-state index contributed by atoms with van der Waals surface area (Å²) in [7, 11) is 0. The minimum Gasteiger partial charge on any atom is -0.378 e. The lowest BCUT2D eigenvalue weighted by Crippen LogP contribution is -2.37. The van der Waals surface area contributed by atoms with Crippen molar-refractivity contribution < 1.29 is 9.53 Å². The lowest BCUT2D eigenvalue weighted by atomic mass is 10.0. The number of rotatable bonds is 5. The molecule has 0 bridgehead atoms. The molecule has 3 rings (SSSR count). The summed E-state index contributed by atoms with van der Waals surface area (Å²) in [5.41, 5.74) is 7.79. The van der Waals surface area contributed by atoms with Crippen LogP contribution in [0.25, 0.3) is 0 Å². The normalized spacial score (nSPS) is 14.6. The average Bonchev–Trinajstić information content (AvgIpc) is 2.63. The van der Waals surface area contributed by atoms with Crippen LogP contribution in [0.3, 0.4) is 0 Å². The van der Waals surface area contributed by atoms with Crippen molar-refractivity contribution >= 4 is 42.2 Å². The van der Waals surface area contributed by atoms with E-state index in [0.29, 0.717) is 18.9 Å². The molecule has 1 saturated heterocycles. The third kappa shape index (κ3) is 5.85. The van der Waals surface area contributed by atoms with Crippen molar-refractivity contribution in [2.24, 2.45) is 5.73 Å². The number of anilines is 2. The molecule has 1 atom stereocenters. The summed E-state index contributed by atoms with van der Waals surface area (Å²) in [6.07, 6.45) is 1.96. The van der Waals surface area contributed by atoms with Crippen molar-refractivity contribution in [3.63, 3.8) is 0 Å². The number of hydrogen-bond acceptors (Lipinski definition) is 5. The molecule has 6 nitrogen and oxygen atoms in total. The first-order valence-electron chi connectivity index (χ1n) is 8.12. The highest BCUT2D eigenvalue weighted by molar-refractivity contribution is 5.94. The van der Waals surface area contributed by atoms with E-state index in [1.54, 1.807) is 6.20 Å². The van der Waals surface area contributed by atoms with E-state index < -0.39 is 0 Å². The summed E-state index contributed by atoms with van der Waals surface area (Å²) in [4.78, 5) is 18.9. The number of carbonyl (C=O) groups is 1. The molecular formula is C18H24Cl2N4O2. The Morgan fingerprint density at radius 2 is 1.85 bits per heavy atom. The van der Waals surface area contributed by atoms with Crippen LogP contribution in [0.5, 0.6) is 0 Å². The van der Waals surface area contributed by atoms with Crippen molar-refractivity contribution in [3.8, 4) is 0 Å². The number of aromatic nitrogens is 1. The van der Waals surface area contributed by atoms with Gasteiger partial charge < -0.3 is 20.7 Å². The number of amides is 1. The van der Waals surface area contributed by atoms with Crippen molar-refractivity contribution in [3.05, 3.63) is 54.2 Å². The Hall–Kier alpha value is -1.86. The van der Waals surface area contributed by atoms with Crippen molar-refractivity contribution in [2.75, 3.05) is 36.5 Å². The largest absolute Gasteiger partial charge is 0.378 e. The third-order valence-electron chi connectivity index (χ3n) is 4.00. The molecule has 8 heteroatoms. The van der Waals surface area contributed by atoms with Crippen LogP contribution >= 0.6 is 24.8 Å². The number of ether oxygens (including phenoxy) is 1. The Morgan fingerprint density at radius 1 is 1.15 bits per heavy atom.